The largest absolute Gasteiger partial charge is 0.497 e. The van der Waals surface area contributed by atoms with Crippen molar-refractivity contribution in [1.29, 1.82) is 0 Å². The molecule has 178 valence electrons. The van der Waals surface area contributed by atoms with Crippen LogP contribution in [0.2, 0.25) is 0 Å². The Morgan fingerprint density at radius 1 is 1.11 bits per heavy atom. The summed E-state index contributed by atoms with van der Waals surface area (Å²) in [6.07, 6.45) is 0. The summed E-state index contributed by atoms with van der Waals surface area (Å²) in [6.45, 7) is 2.24. The first-order valence-electron chi connectivity index (χ1n) is 11.0. The number of morpholine rings is 1. The Morgan fingerprint density at radius 2 is 1.94 bits per heavy atom. The standard InChI is InChI=1S/C25H22N4O6/c1-33-19-4-2-3-16(13-19)25-27-21-14-17(5-8-23(21)35-25)26-24(30)20-15-18(29(31)32)6-7-22(20)28-9-11-34-12-10-28/h2-8,13-15H,9-12H2,1H3,(H,26,30). The molecule has 0 spiro atoms. The number of fused-ring (bicyclic) bond motifs is 1. The predicted molar refractivity (Wildman–Crippen MR) is 130 cm³/mol. The van der Waals surface area contributed by atoms with Gasteiger partial charge in [0.2, 0.25) is 5.89 Å². The number of hydrogen-bond acceptors (Lipinski definition) is 8. The Labute approximate surface area is 200 Å². The number of anilines is 2. The molecule has 10 heteroatoms. The maximum atomic E-state index is 13.2. The molecule has 5 rings (SSSR count). The minimum absolute atomic E-state index is 0.151. The summed E-state index contributed by atoms with van der Waals surface area (Å²) >= 11 is 0. The van der Waals surface area contributed by atoms with Crippen molar-refractivity contribution in [3.05, 3.63) is 76.3 Å². The Hall–Kier alpha value is -4.44. The summed E-state index contributed by atoms with van der Waals surface area (Å²) in [6, 6.07) is 16.8. The van der Waals surface area contributed by atoms with Crippen LogP contribution in [0.4, 0.5) is 17.1 Å². The third-order valence-corrected chi connectivity index (χ3v) is 5.75. The van der Waals surface area contributed by atoms with Gasteiger partial charge in [0.25, 0.3) is 11.6 Å². The lowest BCUT2D eigenvalue weighted by atomic mass is 10.1. The van der Waals surface area contributed by atoms with E-state index in [-0.39, 0.29) is 11.3 Å². The van der Waals surface area contributed by atoms with E-state index >= 15 is 0 Å². The molecule has 1 saturated heterocycles. The zero-order chi connectivity index (χ0) is 24.4. The average molecular weight is 474 g/mol. The number of aromatic nitrogens is 1. The van der Waals surface area contributed by atoms with Crippen molar-refractivity contribution >= 4 is 34.1 Å². The third-order valence-electron chi connectivity index (χ3n) is 5.75. The summed E-state index contributed by atoms with van der Waals surface area (Å²) < 4.78 is 16.5. The second-order valence-electron chi connectivity index (χ2n) is 7.95. The first-order valence-corrected chi connectivity index (χ1v) is 11.0. The Bertz CT molecular complexity index is 1410. The predicted octanol–water partition coefficient (Wildman–Crippen LogP) is 4.50. The monoisotopic (exact) mass is 474 g/mol. The summed E-state index contributed by atoms with van der Waals surface area (Å²) in [5, 5.41) is 14.2. The number of non-ortho nitro benzene ring substituents is 1. The van der Waals surface area contributed by atoms with Crippen LogP contribution in [0.1, 0.15) is 10.4 Å². The van der Waals surface area contributed by atoms with Crippen molar-refractivity contribution < 1.29 is 23.6 Å². The first kappa shape index (κ1) is 22.4. The number of hydrogen-bond donors (Lipinski definition) is 1. The third kappa shape index (κ3) is 4.64. The van der Waals surface area contributed by atoms with E-state index in [2.05, 4.69) is 10.3 Å². The topological polar surface area (TPSA) is 120 Å². The SMILES string of the molecule is COc1cccc(-c2nc3cc(NC(=O)c4cc([N+](=O)[O-])ccc4N4CCOCC4)ccc3o2)c1. The fraction of sp³-hybridized carbons (Fsp3) is 0.200. The number of nitro groups is 1. The van der Waals surface area contributed by atoms with E-state index in [1.54, 1.807) is 31.4 Å². The number of carbonyl (C=O) groups is 1. The number of nitrogens with zero attached hydrogens (tertiary/aromatic N) is 3. The van der Waals surface area contributed by atoms with Crippen molar-refractivity contribution in [2.24, 2.45) is 0 Å². The van der Waals surface area contributed by atoms with Gasteiger partial charge in [-0.25, -0.2) is 4.98 Å². The van der Waals surface area contributed by atoms with E-state index < -0.39 is 10.8 Å². The molecular weight excluding hydrogens is 452 g/mol. The van der Waals surface area contributed by atoms with E-state index in [1.807, 2.05) is 29.2 Å². The number of nitrogens with one attached hydrogen (secondary N) is 1. The average Bonchev–Trinajstić information content (AvgIpc) is 3.32. The van der Waals surface area contributed by atoms with Crippen molar-refractivity contribution in [3.63, 3.8) is 0 Å². The Balaban J connectivity index is 1.44. The summed E-state index contributed by atoms with van der Waals surface area (Å²) in [7, 11) is 1.59. The lowest BCUT2D eigenvalue weighted by Gasteiger charge is -2.30. The van der Waals surface area contributed by atoms with Crippen molar-refractivity contribution in [1.82, 2.24) is 4.98 Å². The lowest BCUT2D eigenvalue weighted by Crippen LogP contribution is -2.37. The second kappa shape index (κ2) is 9.43. The van der Waals surface area contributed by atoms with Crippen LogP contribution in [0.25, 0.3) is 22.6 Å². The van der Waals surface area contributed by atoms with Gasteiger partial charge in [0, 0.05) is 36.5 Å². The van der Waals surface area contributed by atoms with Gasteiger partial charge in [-0.15, -0.1) is 0 Å². The highest BCUT2D eigenvalue weighted by atomic mass is 16.6. The number of ether oxygens (including phenoxy) is 2. The molecule has 1 aliphatic rings. The number of methoxy groups -OCH3 is 1. The molecule has 0 aliphatic carbocycles. The maximum Gasteiger partial charge on any atom is 0.270 e. The van der Waals surface area contributed by atoms with E-state index in [0.29, 0.717) is 60.4 Å². The molecule has 1 amide bonds. The highest BCUT2D eigenvalue weighted by Gasteiger charge is 2.22. The Kier molecular flexibility index (Phi) is 6.02. The molecule has 1 aromatic heterocycles. The molecule has 0 atom stereocenters. The van der Waals surface area contributed by atoms with Gasteiger partial charge >= 0.3 is 0 Å². The molecule has 35 heavy (non-hydrogen) atoms. The van der Waals surface area contributed by atoms with Gasteiger partial charge in [-0.05, 0) is 42.5 Å². The number of nitro benzene ring substituents is 1. The van der Waals surface area contributed by atoms with Gasteiger partial charge in [-0.2, -0.15) is 0 Å². The van der Waals surface area contributed by atoms with Crippen LogP contribution in [-0.2, 0) is 4.74 Å². The van der Waals surface area contributed by atoms with Crippen molar-refractivity contribution in [2.75, 3.05) is 43.6 Å². The quantitative estimate of drug-likeness (QED) is 0.320. The molecule has 2 heterocycles. The molecule has 0 bridgehead atoms. The number of carbonyl (C=O) groups excluding carboxylic acids is 1. The molecule has 0 saturated carbocycles. The highest BCUT2D eigenvalue weighted by Crippen LogP contribution is 2.30. The first-order chi connectivity index (χ1) is 17.0. The fourth-order valence-corrected chi connectivity index (χ4v) is 3.98. The highest BCUT2D eigenvalue weighted by molar-refractivity contribution is 6.09. The molecule has 3 aromatic carbocycles. The van der Waals surface area contributed by atoms with Gasteiger partial charge < -0.3 is 24.1 Å². The smallest absolute Gasteiger partial charge is 0.270 e. The van der Waals surface area contributed by atoms with E-state index in [9.17, 15) is 14.9 Å². The normalized spacial score (nSPS) is 13.6. The van der Waals surface area contributed by atoms with E-state index in [1.165, 1.54) is 12.1 Å². The number of benzene rings is 3. The summed E-state index contributed by atoms with van der Waals surface area (Å²) in [4.78, 5) is 30.6. The van der Waals surface area contributed by atoms with Crippen LogP contribution >= 0.6 is 0 Å². The van der Waals surface area contributed by atoms with Crippen LogP contribution in [0.3, 0.4) is 0 Å². The van der Waals surface area contributed by atoms with E-state index in [0.717, 1.165) is 5.56 Å². The molecule has 10 nitrogen and oxygen atoms in total. The van der Waals surface area contributed by atoms with E-state index in [4.69, 9.17) is 13.9 Å². The molecular formula is C25H22N4O6. The van der Waals surface area contributed by atoms with Gasteiger partial charge in [-0.3, -0.25) is 14.9 Å². The van der Waals surface area contributed by atoms with Gasteiger partial charge in [0.1, 0.15) is 11.3 Å². The van der Waals surface area contributed by atoms with Crippen LogP contribution in [0, 0.1) is 10.1 Å². The van der Waals surface area contributed by atoms with Crippen LogP contribution in [0.15, 0.2) is 65.1 Å². The van der Waals surface area contributed by atoms with Crippen LogP contribution in [0.5, 0.6) is 5.75 Å². The van der Waals surface area contributed by atoms with Gasteiger partial charge in [0.05, 0.1) is 36.5 Å². The summed E-state index contributed by atoms with van der Waals surface area (Å²) in [5.74, 6) is 0.660. The fourth-order valence-electron chi connectivity index (χ4n) is 3.98. The molecule has 0 radical (unpaired) electrons. The maximum absolute atomic E-state index is 13.2. The van der Waals surface area contributed by atoms with Gasteiger partial charge in [0.15, 0.2) is 5.58 Å². The van der Waals surface area contributed by atoms with Crippen molar-refractivity contribution in [3.8, 4) is 17.2 Å². The lowest BCUT2D eigenvalue weighted by molar-refractivity contribution is -0.384. The van der Waals surface area contributed by atoms with Gasteiger partial charge in [-0.1, -0.05) is 6.07 Å². The minimum atomic E-state index is -0.512. The number of rotatable bonds is 6. The second-order valence-corrected chi connectivity index (χ2v) is 7.95. The Morgan fingerprint density at radius 3 is 2.71 bits per heavy atom. The summed E-state index contributed by atoms with van der Waals surface area (Å²) in [5.41, 5.74) is 3.07. The molecule has 4 aromatic rings. The molecule has 0 unspecified atom stereocenters. The number of oxazole rings is 1. The zero-order valence-electron chi connectivity index (χ0n) is 18.9. The van der Waals surface area contributed by atoms with Crippen molar-refractivity contribution in [2.45, 2.75) is 0 Å². The van der Waals surface area contributed by atoms with Crippen LogP contribution in [-0.4, -0.2) is 49.2 Å². The van der Waals surface area contributed by atoms with Crippen LogP contribution < -0.4 is 15.0 Å². The molecule has 1 N–H and O–H groups in total. The number of amides is 1. The zero-order valence-corrected chi connectivity index (χ0v) is 18.9. The molecule has 1 aliphatic heterocycles. The minimum Gasteiger partial charge on any atom is -0.497 e. The molecule has 1 fully saturated rings.